The Morgan fingerprint density at radius 3 is 2.69 bits per heavy atom. The van der Waals surface area contributed by atoms with E-state index in [0.29, 0.717) is 30.0 Å². The van der Waals surface area contributed by atoms with Gasteiger partial charge in [-0.2, -0.15) is 18.3 Å². The monoisotopic (exact) mass is 579 g/mol. The zero-order chi connectivity index (χ0) is 28.0. The van der Waals surface area contributed by atoms with E-state index in [-0.39, 0.29) is 34.5 Å². The molecule has 204 valence electrons. The molecule has 16 heteroatoms. The molecule has 3 aromatic rings. The van der Waals surface area contributed by atoms with Gasteiger partial charge in [0.05, 0.1) is 27.5 Å². The number of hydrogen-bond donors (Lipinski definition) is 2. The van der Waals surface area contributed by atoms with Crippen LogP contribution in [0, 0.1) is 0 Å². The highest BCUT2D eigenvalue weighted by atomic mass is 35.5. The van der Waals surface area contributed by atoms with Crippen LogP contribution < -0.4 is 10.6 Å². The Morgan fingerprint density at radius 2 is 1.95 bits per heavy atom. The van der Waals surface area contributed by atoms with E-state index >= 15 is 0 Å². The predicted molar refractivity (Wildman–Crippen MR) is 139 cm³/mol. The molecule has 4 rings (SSSR count). The molecule has 11 nitrogen and oxygen atoms in total. The summed E-state index contributed by atoms with van der Waals surface area (Å²) in [6.07, 6.45) is 0.351. The fourth-order valence-electron chi connectivity index (χ4n) is 3.48. The Bertz CT molecular complexity index is 1430. The van der Waals surface area contributed by atoms with E-state index in [0.717, 1.165) is 36.1 Å². The Hall–Kier alpha value is -3.85. The molecule has 0 spiro atoms. The summed E-state index contributed by atoms with van der Waals surface area (Å²) in [7, 11) is 0. The van der Waals surface area contributed by atoms with Gasteiger partial charge in [0.15, 0.2) is 5.78 Å². The summed E-state index contributed by atoms with van der Waals surface area (Å²) >= 11 is 6.59. The number of thiazole rings is 1. The topological polar surface area (TPSA) is 147 Å². The van der Waals surface area contributed by atoms with Crippen molar-refractivity contribution in [3.63, 3.8) is 0 Å². The van der Waals surface area contributed by atoms with Crippen LogP contribution in [0.15, 0.2) is 46.3 Å². The first-order valence-corrected chi connectivity index (χ1v) is 12.8. The van der Waals surface area contributed by atoms with Gasteiger partial charge < -0.3 is 10.6 Å². The molecular weight excluding hydrogens is 559 g/mol. The number of carbonyl (C=O) groups is 2. The van der Waals surface area contributed by atoms with Crippen molar-refractivity contribution in [2.45, 2.75) is 38.3 Å². The number of aromatic nitrogens is 4. The minimum atomic E-state index is -4.70. The molecule has 1 atom stereocenters. The number of rotatable bonds is 11. The summed E-state index contributed by atoms with van der Waals surface area (Å²) < 4.78 is 39.2. The van der Waals surface area contributed by atoms with Crippen LogP contribution in [0.2, 0.25) is 5.02 Å². The largest absolute Gasteiger partial charge is 0.418 e. The maximum absolute atomic E-state index is 13.1. The van der Waals surface area contributed by atoms with Crippen LogP contribution >= 0.6 is 22.9 Å². The van der Waals surface area contributed by atoms with Crippen molar-refractivity contribution in [3.05, 3.63) is 57.0 Å². The van der Waals surface area contributed by atoms with Crippen LogP contribution in [-0.4, -0.2) is 50.4 Å². The van der Waals surface area contributed by atoms with Crippen molar-refractivity contribution >= 4 is 52.0 Å². The van der Waals surface area contributed by atoms with Crippen LogP contribution in [-0.2, 0) is 6.18 Å². The smallest absolute Gasteiger partial charge is 0.370 e. The second kappa shape index (κ2) is 12.3. The number of halogens is 4. The van der Waals surface area contributed by atoms with E-state index in [1.165, 1.54) is 12.5 Å². The number of pyridine rings is 1. The third kappa shape index (κ3) is 7.60. The first-order valence-electron chi connectivity index (χ1n) is 11.6. The van der Waals surface area contributed by atoms with Crippen molar-refractivity contribution in [1.82, 2.24) is 19.9 Å². The Labute approximate surface area is 229 Å². The van der Waals surface area contributed by atoms with Gasteiger partial charge in [-0.05, 0) is 24.1 Å². The van der Waals surface area contributed by atoms with Crippen LogP contribution in [0.4, 0.5) is 24.8 Å². The average Bonchev–Trinajstić information content (AvgIpc) is 3.60. The fourth-order valence-corrected chi connectivity index (χ4v) is 4.55. The molecule has 0 fully saturated rings. The maximum atomic E-state index is 13.1. The minimum Gasteiger partial charge on any atom is -0.370 e. The first-order chi connectivity index (χ1) is 18.6. The number of anilines is 2. The molecule has 4 heterocycles. The number of alkyl halides is 3. The second-order valence-electron chi connectivity index (χ2n) is 8.47. The van der Waals surface area contributed by atoms with Crippen LogP contribution in [0.5, 0.6) is 0 Å². The molecule has 0 saturated carbocycles. The molecule has 1 aliphatic rings. The molecule has 0 radical (unpaired) electrons. The van der Waals surface area contributed by atoms with E-state index in [1.807, 2.05) is 0 Å². The van der Waals surface area contributed by atoms with E-state index in [4.69, 9.17) is 11.6 Å². The van der Waals surface area contributed by atoms with Crippen LogP contribution in [0.3, 0.4) is 0 Å². The second-order valence-corrected chi connectivity index (χ2v) is 9.94. The third-order valence-electron chi connectivity index (χ3n) is 5.47. The van der Waals surface area contributed by atoms with Gasteiger partial charge >= 0.3 is 6.18 Å². The number of nitrogens with one attached hydrogen (secondary N) is 2. The lowest BCUT2D eigenvalue weighted by Crippen LogP contribution is -2.13. The summed E-state index contributed by atoms with van der Waals surface area (Å²) in [5, 5.41) is 16.7. The van der Waals surface area contributed by atoms with Crippen molar-refractivity contribution in [2.24, 2.45) is 15.4 Å². The summed E-state index contributed by atoms with van der Waals surface area (Å²) in [4.78, 5) is 41.7. The number of Topliss-reactive ketones (excluding diaryl/α,β-unsaturated/α-hetero) is 1. The van der Waals surface area contributed by atoms with Gasteiger partial charge in [0, 0.05) is 31.1 Å². The minimum absolute atomic E-state index is 0.0749. The molecular formula is C23H21ClF3N9O2S. The fraction of sp³-hybridized carbons (Fsp3) is 0.348. The lowest BCUT2D eigenvalue weighted by molar-refractivity contribution is -0.137. The molecule has 1 unspecified atom stereocenters. The summed E-state index contributed by atoms with van der Waals surface area (Å²) in [6.45, 7) is 2.92. The number of ketones is 1. The Morgan fingerprint density at radius 1 is 1.13 bits per heavy atom. The SMILES string of the molecule is CC(CC(=O)c1cc(NCCCC2=NN=NC2)ncn1)c1ncc(C(=O)Nc2cc(C(F)(F)F)c(Cl)cn2)s1. The van der Waals surface area contributed by atoms with Crippen molar-refractivity contribution in [3.8, 4) is 0 Å². The van der Waals surface area contributed by atoms with Crippen molar-refractivity contribution in [2.75, 3.05) is 23.7 Å². The zero-order valence-electron chi connectivity index (χ0n) is 20.4. The summed E-state index contributed by atoms with van der Waals surface area (Å²) in [6, 6.07) is 2.23. The molecule has 1 aliphatic heterocycles. The highest BCUT2D eigenvalue weighted by Crippen LogP contribution is 2.35. The number of nitrogens with zero attached hydrogens (tertiary/aromatic N) is 7. The Balaban J connectivity index is 1.31. The van der Waals surface area contributed by atoms with Gasteiger partial charge in [-0.1, -0.05) is 18.5 Å². The highest BCUT2D eigenvalue weighted by Gasteiger charge is 2.34. The Kier molecular flexibility index (Phi) is 8.91. The maximum Gasteiger partial charge on any atom is 0.418 e. The molecule has 0 saturated heterocycles. The molecule has 3 aromatic heterocycles. The van der Waals surface area contributed by atoms with Gasteiger partial charge in [-0.15, -0.1) is 16.4 Å². The zero-order valence-corrected chi connectivity index (χ0v) is 21.9. The number of carbonyl (C=O) groups excluding carboxylic acids is 2. The van der Waals surface area contributed by atoms with Crippen molar-refractivity contribution < 1.29 is 22.8 Å². The van der Waals surface area contributed by atoms with Gasteiger partial charge in [-0.25, -0.2) is 19.9 Å². The lowest BCUT2D eigenvalue weighted by Gasteiger charge is -2.10. The van der Waals surface area contributed by atoms with E-state index in [9.17, 15) is 22.8 Å². The third-order valence-corrected chi connectivity index (χ3v) is 7.00. The normalized spacial score (nSPS) is 13.7. The molecule has 0 aromatic carbocycles. The van der Waals surface area contributed by atoms with Crippen LogP contribution in [0.25, 0.3) is 0 Å². The van der Waals surface area contributed by atoms with E-state index in [1.54, 1.807) is 13.0 Å². The van der Waals surface area contributed by atoms with Crippen LogP contribution in [0.1, 0.15) is 62.8 Å². The van der Waals surface area contributed by atoms with E-state index < -0.39 is 22.7 Å². The lowest BCUT2D eigenvalue weighted by atomic mass is 10.0. The molecule has 39 heavy (non-hydrogen) atoms. The summed E-state index contributed by atoms with van der Waals surface area (Å²) in [5.41, 5.74) is 0.0479. The molecule has 0 aliphatic carbocycles. The van der Waals surface area contributed by atoms with Gasteiger partial charge in [0.1, 0.15) is 35.1 Å². The predicted octanol–water partition coefficient (Wildman–Crippen LogP) is 5.64. The molecule has 1 amide bonds. The average molecular weight is 580 g/mol. The standard InChI is InChI=1S/C23H21ClF3N9O2S/c1-12(5-17(37)16-7-19(32-11-31-16)28-4-2-3-13-8-33-36-35-13)22-30-10-18(39-22)21(38)34-20-6-14(23(25,26)27)15(24)9-29-20/h6-7,9-12H,2-5,8H2,1H3,(H,28,31,32)(H,29,34,38). The quantitative estimate of drug-likeness (QED) is 0.220. The highest BCUT2D eigenvalue weighted by molar-refractivity contribution is 7.13. The van der Waals surface area contributed by atoms with E-state index in [2.05, 4.69) is 46.0 Å². The molecule has 2 N–H and O–H groups in total. The summed E-state index contributed by atoms with van der Waals surface area (Å²) in [5.74, 6) is -1.05. The molecule has 0 bridgehead atoms. The number of hydrogen-bond acceptors (Lipinski definition) is 11. The van der Waals surface area contributed by atoms with Crippen molar-refractivity contribution in [1.29, 1.82) is 0 Å². The van der Waals surface area contributed by atoms with Gasteiger partial charge in [-0.3, -0.25) is 9.59 Å². The van der Waals surface area contributed by atoms with Gasteiger partial charge in [0.2, 0.25) is 0 Å². The van der Waals surface area contributed by atoms with Gasteiger partial charge in [0.25, 0.3) is 5.91 Å². The number of amides is 1. The first kappa shape index (κ1) is 28.2.